The summed E-state index contributed by atoms with van der Waals surface area (Å²) in [6.07, 6.45) is 7.73. The van der Waals surface area contributed by atoms with E-state index in [9.17, 15) is 0 Å². The Morgan fingerprint density at radius 1 is 1.48 bits per heavy atom. The summed E-state index contributed by atoms with van der Waals surface area (Å²) in [5, 5.41) is 0. The standard InChI is InChI=1S/C17H27NO3/c1-14(2)21-13-17-6-3-8-20-16(17)4-7-18(12-17)10-15-5-9-19-11-15/h5,9,11,14,16H,3-4,6-8,10,12-13H2,1-2H3. The van der Waals surface area contributed by atoms with E-state index in [1.54, 1.807) is 6.26 Å². The maximum Gasteiger partial charge on any atom is 0.0947 e. The van der Waals surface area contributed by atoms with Crippen molar-refractivity contribution in [3.63, 3.8) is 0 Å². The van der Waals surface area contributed by atoms with Gasteiger partial charge in [0.25, 0.3) is 0 Å². The molecule has 2 saturated heterocycles. The first-order valence-corrected chi connectivity index (χ1v) is 8.15. The van der Waals surface area contributed by atoms with Gasteiger partial charge >= 0.3 is 0 Å². The minimum Gasteiger partial charge on any atom is -0.472 e. The highest BCUT2D eigenvalue weighted by molar-refractivity contribution is 5.06. The van der Waals surface area contributed by atoms with E-state index >= 15 is 0 Å². The summed E-state index contributed by atoms with van der Waals surface area (Å²) >= 11 is 0. The Labute approximate surface area is 127 Å². The average molecular weight is 293 g/mol. The summed E-state index contributed by atoms with van der Waals surface area (Å²) < 4.78 is 17.3. The molecule has 0 aliphatic carbocycles. The minimum absolute atomic E-state index is 0.171. The van der Waals surface area contributed by atoms with Crippen LogP contribution >= 0.6 is 0 Å². The molecule has 1 aromatic heterocycles. The van der Waals surface area contributed by atoms with Crippen LogP contribution in [0.3, 0.4) is 0 Å². The molecule has 0 N–H and O–H groups in total. The van der Waals surface area contributed by atoms with Gasteiger partial charge in [0.15, 0.2) is 0 Å². The van der Waals surface area contributed by atoms with Crippen molar-refractivity contribution in [3.05, 3.63) is 24.2 Å². The maximum absolute atomic E-state index is 6.08. The van der Waals surface area contributed by atoms with Crippen LogP contribution in [0.1, 0.15) is 38.7 Å². The monoisotopic (exact) mass is 293 g/mol. The van der Waals surface area contributed by atoms with E-state index in [0.29, 0.717) is 6.10 Å². The Kier molecular flexibility index (Phi) is 4.67. The number of piperidine rings is 1. The van der Waals surface area contributed by atoms with Crippen LogP contribution < -0.4 is 0 Å². The first-order valence-electron chi connectivity index (χ1n) is 8.15. The van der Waals surface area contributed by atoms with E-state index in [-0.39, 0.29) is 11.5 Å². The average Bonchev–Trinajstić information content (AvgIpc) is 2.98. The van der Waals surface area contributed by atoms with E-state index in [1.807, 2.05) is 6.26 Å². The van der Waals surface area contributed by atoms with Crippen molar-refractivity contribution in [2.45, 2.75) is 51.9 Å². The van der Waals surface area contributed by atoms with E-state index < -0.39 is 0 Å². The van der Waals surface area contributed by atoms with Crippen molar-refractivity contribution in [1.82, 2.24) is 4.90 Å². The van der Waals surface area contributed by atoms with Gasteiger partial charge in [-0.05, 0) is 39.2 Å². The smallest absolute Gasteiger partial charge is 0.0947 e. The zero-order chi connectivity index (χ0) is 14.7. The molecule has 3 heterocycles. The predicted molar refractivity (Wildman–Crippen MR) is 81.1 cm³/mol. The third-order valence-electron chi connectivity index (χ3n) is 4.76. The third-order valence-corrected chi connectivity index (χ3v) is 4.76. The summed E-state index contributed by atoms with van der Waals surface area (Å²) in [4.78, 5) is 2.53. The Morgan fingerprint density at radius 2 is 2.38 bits per heavy atom. The van der Waals surface area contributed by atoms with Gasteiger partial charge in [-0.3, -0.25) is 4.90 Å². The molecular weight excluding hydrogens is 266 g/mol. The molecule has 0 radical (unpaired) electrons. The van der Waals surface area contributed by atoms with Gasteiger partial charge < -0.3 is 13.9 Å². The lowest BCUT2D eigenvalue weighted by Gasteiger charge is -2.50. The topological polar surface area (TPSA) is 34.8 Å². The zero-order valence-corrected chi connectivity index (χ0v) is 13.2. The van der Waals surface area contributed by atoms with Crippen LogP contribution in [-0.2, 0) is 16.0 Å². The van der Waals surface area contributed by atoms with Crippen LogP contribution in [0.15, 0.2) is 23.0 Å². The van der Waals surface area contributed by atoms with Crippen molar-refractivity contribution in [3.8, 4) is 0 Å². The third kappa shape index (κ3) is 3.50. The zero-order valence-electron chi connectivity index (χ0n) is 13.2. The largest absolute Gasteiger partial charge is 0.472 e. The number of ether oxygens (including phenoxy) is 2. The molecule has 2 unspecified atom stereocenters. The van der Waals surface area contributed by atoms with Crippen molar-refractivity contribution in [1.29, 1.82) is 0 Å². The molecule has 0 saturated carbocycles. The summed E-state index contributed by atoms with van der Waals surface area (Å²) in [6.45, 7) is 9.08. The molecule has 1 aromatic rings. The highest BCUT2D eigenvalue weighted by atomic mass is 16.5. The van der Waals surface area contributed by atoms with Gasteiger partial charge in [0.05, 0.1) is 31.3 Å². The van der Waals surface area contributed by atoms with E-state index in [0.717, 1.165) is 45.7 Å². The van der Waals surface area contributed by atoms with Crippen LogP contribution in [0.25, 0.3) is 0 Å². The van der Waals surface area contributed by atoms with E-state index in [4.69, 9.17) is 13.9 Å². The van der Waals surface area contributed by atoms with Gasteiger partial charge in [-0.2, -0.15) is 0 Å². The lowest BCUT2D eigenvalue weighted by molar-refractivity contribution is -0.159. The lowest BCUT2D eigenvalue weighted by Crippen LogP contribution is -2.56. The molecule has 0 aromatic carbocycles. The molecule has 0 amide bonds. The summed E-state index contributed by atoms with van der Waals surface area (Å²) in [6, 6.07) is 2.06. The number of rotatable bonds is 5. The van der Waals surface area contributed by atoms with Crippen LogP contribution in [0.4, 0.5) is 0 Å². The maximum atomic E-state index is 6.08. The Balaban J connectivity index is 1.68. The molecule has 21 heavy (non-hydrogen) atoms. The van der Waals surface area contributed by atoms with Crippen LogP contribution in [0.5, 0.6) is 0 Å². The number of furan rings is 1. The number of hydrogen-bond acceptors (Lipinski definition) is 4. The lowest BCUT2D eigenvalue weighted by atomic mass is 9.73. The molecular formula is C17H27NO3. The van der Waals surface area contributed by atoms with Gasteiger partial charge in [-0.25, -0.2) is 0 Å². The molecule has 2 fully saturated rings. The fraction of sp³-hybridized carbons (Fsp3) is 0.765. The highest BCUT2D eigenvalue weighted by Gasteiger charge is 2.46. The minimum atomic E-state index is 0.171. The van der Waals surface area contributed by atoms with E-state index in [1.165, 1.54) is 12.0 Å². The second-order valence-electron chi connectivity index (χ2n) is 6.82. The van der Waals surface area contributed by atoms with Crippen LogP contribution in [0.2, 0.25) is 0 Å². The first kappa shape index (κ1) is 15.1. The van der Waals surface area contributed by atoms with Gasteiger partial charge in [-0.1, -0.05) is 0 Å². The molecule has 4 heteroatoms. The Hall–Kier alpha value is -0.840. The molecule has 0 spiro atoms. The van der Waals surface area contributed by atoms with E-state index in [2.05, 4.69) is 24.8 Å². The molecule has 3 rings (SSSR count). The number of likely N-dealkylation sites (tertiary alicyclic amines) is 1. The van der Waals surface area contributed by atoms with Gasteiger partial charge in [0, 0.05) is 37.2 Å². The quantitative estimate of drug-likeness (QED) is 0.835. The highest BCUT2D eigenvalue weighted by Crippen LogP contribution is 2.41. The fourth-order valence-corrected chi connectivity index (χ4v) is 3.70. The predicted octanol–water partition coefficient (Wildman–Crippen LogP) is 3.08. The number of fused-ring (bicyclic) bond motifs is 1. The molecule has 0 bridgehead atoms. The van der Waals surface area contributed by atoms with Gasteiger partial charge in [0.1, 0.15) is 0 Å². The summed E-state index contributed by atoms with van der Waals surface area (Å²) in [7, 11) is 0. The first-order chi connectivity index (χ1) is 10.2. The summed E-state index contributed by atoms with van der Waals surface area (Å²) in [5.74, 6) is 0. The Morgan fingerprint density at radius 3 is 3.14 bits per heavy atom. The SMILES string of the molecule is CC(C)OCC12CCCOC1CCN(Cc1ccoc1)C2. The second-order valence-corrected chi connectivity index (χ2v) is 6.82. The molecule has 4 nitrogen and oxygen atoms in total. The normalized spacial score (nSPS) is 30.5. The van der Waals surface area contributed by atoms with Crippen molar-refractivity contribution < 1.29 is 13.9 Å². The van der Waals surface area contributed by atoms with Crippen LogP contribution in [-0.4, -0.2) is 43.4 Å². The van der Waals surface area contributed by atoms with Crippen LogP contribution in [0, 0.1) is 5.41 Å². The number of hydrogen-bond donors (Lipinski definition) is 0. The van der Waals surface area contributed by atoms with Crippen molar-refractivity contribution >= 4 is 0 Å². The molecule has 2 atom stereocenters. The molecule has 2 aliphatic heterocycles. The van der Waals surface area contributed by atoms with Gasteiger partial charge in [0.2, 0.25) is 0 Å². The fourth-order valence-electron chi connectivity index (χ4n) is 3.70. The molecule has 2 aliphatic rings. The second kappa shape index (κ2) is 6.51. The molecule has 118 valence electrons. The number of nitrogens with zero attached hydrogens (tertiary/aromatic N) is 1. The van der Waals surface area contributed by atoms with Gasteiger partial charge in [-0.15, -0.1) is 0 Å². The summed E-state index contributed by atoms with van der Waals surface area (Å²) in [5.41, 5.74) is 1.43. The van der Waals surface area contributed by atoms with Crippen molar-refractivity contribution in [2.75, 3.05) is 26.3 Å². The Bertz CT molecular complexity index is 431. The van der Waals surface area contributed by atoms with Crippen molar-refractivity contribution in [2.24, 2.45) is 5.41 Å².